The van der Waals surface area contributed by atoms with Gasteiger partial charge in [0, 0.05) is 41.3 Å². The van der Waals surface area contributed by atoms with E-state index in [4.69, 9.17) is 21.1 Å². The molecule has 0 aliphatic carbocycles. The van der Waals surface area contributed by atoms with Gasteiger partial charge in [-0.1, -0.05) is 66.2 Å². The van der Waals surface area contributed by atoms with E-state index in [1.165, 1.54) is 5.56 Å². The van der Waals surface area contributed by atoms with Crippen molar-refractivity contribution in [3.63, 3.8) is 0 Å². The third-order valence-electron chi connectivity index (χ3n) is 5.87. The van der Waals surface area contributed by atoms with Crippen LogP contribution in [0.1, 0.15) is 34.3 Å². The number of hydrogen-bond acceptors (Lipinski definition) is 3. The van der Waals surface area contributed by atoms with Crippen LogP contribution in [0.2, 0.25) is 5.02 Å². The maximum Gasteiger partial charge on any atom is 0.251 e. The van der Waals surface area contributed by atoms with E-state index in [1.807, 2.05) is 54.6 Å². The van der Waals surface area contributed by atoms with E-state index in [2.05, 4.69) is 17.4 Å². The molecule has 3 aromatic rings. The highest BCUT2D eigenvalue weighted by molar-refractivity contribution is 6.31. The molecule has 1 aliphatic rings. The molecule has 1 saturated heterocycles. The van der Waals surface area contributed by atoms with Crippen molar-refractivity contribution in [3.8, 4) is 5.75 Å². The molecule has 0 saturated carbocycles. The van der Waals surface area contributed by atoms with Crippen LogP contribution in [0.3, 0.4) is 0 Å². The monoisotopic (exact) mass is 435 g/mol. The fraction of sp³-hybridized carbons (Fsp3) is 0.269. The molecular formula is C26H26ClNO3. The largest absolute Gasteiger partial charge is 0.489 e. The highest BCUT2D eigenvalue weighted by Crippen LogP contribution is 2.34. The molecule has 0 atom stereocenters. The number of ether oxygens (including phenoxy) is 2. The number of benzene rings is 3. The van der Waals surface area contributed by atoms with E-state index in [0.29, 0.717) is 42.7 Å². The van der Waals surface area contributed by atoms with Crippen LogP contribution in [-0.2, 0) is 16.8 Å². The molecule has 31 heavy (non-hydrogen) atoms. The Morgan fingerprint density at radius 3 is 2.48 bits per heavy atom. The van der Waals surface area contributed by atoms with Gasteiger partial charge in [0.05, 0.1) is 0 Å². The number of hydrogen-bond donors (Lipinski definition) is 1. The molecule has 1 fully saturated rings. The van der Waals surface area contributed by atoms with Gasteiger partial charge in [-0.05, 0) is 42.7 Å². The number of carbonyl (C=O) groups excluding carboxylic acids is 1. The first kappa shape index (κ1) is 21.4. The zero-order valence-electron chi connectivity index (χ0n) is 17.4. The minimum atomic E-state index is -0.106. The molecule has 0 spiro atoms. The average molecular weight is 436 g/mol. The minimum absolute atomic E-state index is 0.104. The summed E-state index contributed by atoms with van der Waals surface area (Å²) in [4.78, 5) is 12.9. The summed E-state index contributed by atoms with van der Waals surface area (Å²) in [6, 6.07) is 25.2. The highest BCUT2D eigenvalue weighted by atomic mass is 35.5. The van der Waals surface area contributed by atoms with E-state index in [9.17, 15) is 4.79 Å². The smallest absolute Gasteiger partial charge is 0.251 e. The molecule has 3 aromatic carbocycles. The van der Waals surface area contributed by atoms with E-state index < -0.39 is 0 Å². The first-order valence-electron chi connectivity index (χ1n) is 10.5. The number of halogens is 1. The predicted octanol–water partition coefficient (Wildman–Crippen LogP) is 5.40. The van der Waals surface area contributed by atoms with Crippen LogP contribution in [0.5, 0.6) is 5.75 Å². The third kappa shape index (κ3) is 5.27. The summed E-state index contributed by atoms with van der Waals surface area (Å²) < 4.78 is 11.5. The standard InChI is InChI=1S/C26H26ClNO3/c27-24-12-5-4-7-21(24)18-31-23-11-6-8-20(17-23)25(29)28-19-26(13-15-30-16-14-26)22-9-2-1-3-10-22/h1-12,17H,13-16,18-19H2,(H,28,29). The lowest BCUT2D eigenvalue weighted by atomic mass is 9.74. The van der Waals surface area contributed by atoms with Crippen molar-refractivity contribution in [2.24, 2.45) is 0 Å². The molecule has 0 radical (unpaired) electrons. The fourth-order valence-corrected chi connectivity index (χ4v) is 4.17. The lowest BCUT2D eigenvalue weighted by Gasteiger charge is -2.38. The van der Waals surface area contributed by atoms with E-state index in [0.717, 1.165) is 18.4 Å². The highest BCUT2D eigenvalue weighted by Gasteiger charge is 2.34. The second-order valence-electron chi connectivity index (χ2n) is 7.85. The van der Waals surface area contributed by atoms with Gasteiger partial charge >= 0.3 is 0 Å². The van der Waals surface area contributed by atoms with Crippen molar-refractivity contribution < 1.29 is 14.3 Å². The second-order valence-corrected chi connectivity index (χ2v) is 8.26. The van der Waals surface area contributed by atoms with Crippen molar-refractivity contribution in [3.05, 3.63) is 101 Å². The van der Waals surface area contributed by atoms with Gasteiger partial charge in [0.15, 0.2) is 0 Å². The Kier molecular flexibility index (Phi) is 6.90. The maximum absolute atomic E-state index is 12.9. The van der Waals surface area contributed by atoms with E-state index >= 15 is 0 Å². The fourth-order valence-electron chi connectivity index (χ4n) is 3.98. The van der Waals surface area contributed by atoms with Crippen LogP contribution >= 0.6 is 11.6 Å². The van der Waals surface area contributed by atoms with Gasteiger partial charge in [-0.2, -0.15) is 0 Å². The van der Waals surface area contributed by atoms with Crippen LogP contribution in [0.4, 0.5) is 0 Å². The number of amides is 1. The molecule has 4 rings (SSSR count). The van der Waals surface area contributed by atoms with E-state index in [-0.39, 0.29) is 11.3 Å². The lowest BCUT2D eigenvalue weighted by molar-refractivity contribution is 0.0487. The topological polar surface area (TPSA) is 47.6 Å². The molecule has 1 amide bonds. The van der Waals surface area contributed by atoms with Crippen molar-refractivity contribution in [1.29, 1.82) is 0 Å². The molecule has 5 heteroatoms. The minimum Gasteiger partial charge on any atom is -0.489 e. The Bertz CT molecular complexity index is 1020. The predicted molar refractivity (Wildman–Crippen MR) is 123 cm³/mol. The van der Waals surface area contributed by atoms with Gasteiger partial charge in [0.25, 0.3) is 5.91 Å². The first-order valence-corrected chi connectivity index (χ1v) is 10.9. The molecule has 4 nitrogen and oxygen atoms in total. The van der Waals surface area contributed by atoms with Crippen LogP contribution < -0.4 is 10.1 Å². The molecule has 0 aromatic heterocycles. The van der Waals surface area contributed by atoms with Crippen LogP contribution in [-0.4, -0.2) is 25.7 Å². The maximum atomic E-state index is 12.9. The Morgan fingerprint density at radius 2 is 1.71 bits per heavy atom. The second kappa shape index (κ2) is 9.99. The van der Waals surface area contributed by atoms with Gasteiger partial charge in [-0.25, -0.2) is 0 Å². The summed E-state index contributed by atoms with van der Waals surface area (Å²) in [5.74, 6) is 0.529. The number of rotatable bonds is 7. The normalized spacial score (nSPS) is 15.3. The molecule has 1 heterocycles. The summed E-state index contributed by atoms with van der Waals surface area (Å²) in [7, 11) is 0. The number of nitrogens with one attached hydrogen (secondary N) is 1. The molecular weight excluding hydrogens is 410 g/mol. The van der Waals surface area contributed by atoms with Gasteiger partial charge in [0.1, 0.15) is 12.4 Å². The van der Waals surface area contributed by atoms with Crippen molar-refractivity contribution in [2.45, 2.75) is 24.9 Å². The molecule has 1 aliphatic heterocycles. The average Bonchev–Trinajstić information content (AvgIpc) is 2.83. The van der Waals surface area contributed by atoms with Crippen LogP contribution in [0.25, 0.3) is 0 Å². The summed E-state index contributed by atoms with van der Waals surface area (Å²) >= 11 is 6.20. The van der Waals surface area contributed by atoms with Gasteiger partial charge in [-0.3, -0.25) is 4.79 Å². The zero-order chi connectivity index (χ0) is 21.5. The Morgan fingerprint density at radius 1 is 0.968 bits per heavy atom. The lowest BCUT2D eigenvalue weighted by Crippen LogP contribution is -2.44. The summed E-state index contributed by atoms with van der Waals surface area (Å²) in [5.41, 5.74) is 2.62. The van der Waals surface area contributed by atoms with Crippen molar-refractivity contribution in [1.82, 2.24) is 5.32 Å². The Hall–Kier alpha value is -2.82. The Labute approximate surface area is 188 Å². The molecule has 160 valence electrons. The van der Waals surface area contributed by atoms with Crippen LogP contribution in [0, 0.1) is 0 Å². The Balaban J connectivity index is 1.42. The number of carbonyl (C=O) groups is 1. The van der Waals surface area contributed by atoms with Crippen molar-refractivity contribution >= 4 is 17.5 Å². The van der Waals surface area contributed by atoms with Gasteiger partial charge < -0.3 is 14.8 Å². The van der Waals surface area contributed by atoms with Gasteiger partial charge in [0.2, 0.25) is 0 Å². The summed E-state index contributed by atoms with van der Waals surface area (Å²) in [5, 5.41) is 3.81. The summed E-state index contributed by atoms with van der Waals surface area (Å²) in [6.45, 7) is 2.33. The quantitative estimate of drug-likeness (QED) is 0.540. The molecule has 0 bridgehead atoms. The SMILES string of the molecule is O=C(NCC1(c2ccccc2)CCOCC1)c1cccc(OCc2ccccc2Cl)c1. The van der Waals surface area contributed by atoms with Crippen LogP contribution in [0.15, 0.2) is 78.9 Å². The van der Waals surface area contributed by atoms with E-state index in [1.54, 1.807) is 12.1 Å². The molecule has 1 N–H and O–H groups in total. The molecule has 0 unspecified atom stereocenters. The zero-order valence-corrected chi connectivity index (χ0v) is 18.1. The summed E-state index contributed by atoms with van der Waals surface area (Å²) in [6.07, 6.45) is 1.77. The van der Waals surface area contributed by atoms with Gasteiger partial charge in [-0.15, -0.1) is 0 Å². The third-order valence-corrected chi connectivity index (χ3v) is 6.24. The first-order chi connectivity index (χ1) is 15.2. The van der Waals surface area contributed by atoms with Crippen molar-refractivity contribution in [2.75, 3.05) is 19.8 Å².